The van der Waals surface area contributed by atoms with Crippen molar-refractivity contribution in [3.63, 3.8) is 0 Å². The van der Waals surface area contributed by atoms with Crippen LogP contribution < -0.4 is 5.32 Å². The molecule has 162 valence electrons. The number of alkyl halides is 2. The maximum atomic E-state index is 13.3. The number of carbonyl (C=O) groups is 3. The molecule has 3 N–H and O–H groups in total. The van der Waals surface area contributed by atoms with Gasteiger partial charge in [0, 0.05) is 37.4 Å². The standard InChI is InChI=1S/C19H21F2N3O3.CH2O2/c20-19(21)4-6-24(7-5-19)18(27)14-9-15(16(25)10-14)23-17(26)13-3-1-2-12(8-13)11-22;2-1-3/h1-3,8,14-16,25H,4-7,9-10H2,(H,23,26);1H,(H,2,3)/t14-,15-,16-;/m0./s1. The van der Waals surface area contributed by atoms with E-state index in [0.29, 0.717) is 11.1 Å². The third kappa shape index (κ3) is 5.97. The first-order valence-electron chi connectivity index (χ1n) is 9.44. The van der Waals surface area contributed by atoms with Gasteiger partial charge in [-0.1, -0.05) is 6.07 Å². The van der Waals surface area contributed by atoms with Crippen LogP contribution >= 0.6 is 0 Å². The van der Waals surface area contributed by atoms with E-state index in [0.717, 1.165) is 0 Å². The van der Waals surface area contributed by atoms with Crippen molar-refractivity contribution >= 4 is 18.3 Å². The fraction of sp³-hybridized carbons (Fsp3) is 0.500. The van der Waals surface area contributed by atoms with E-state index in [-0.39, 0.29) is 51.2 Å². The zero-order valence-corrected chi connectivity index (χ0v) is 16.1. The molecular weight excluding hydrogens is 400 g/mol. The van der Waals surface area contributed by atoms with Gasteiger partial charge in [-0.25, -0.2) is 8.78 Å². The van der Waals surface area contributed by atoms with E-state index in [1.54, 1.807) is 18.2 Å². The number of hydrogen-bond acceptors (Lipinski definition) is 5. The van der Waals surface area contributed by atoms with E-state index in [9.17, 15) is 23.5 Å². The Bertz CT molecular complexity index is 817. The van der Waals surface area contributed by atoms with Crippen molar-refractivity contribution in [1.29, 1.82) is 5.26 Å². The summed E-state index contributed by atoms with van der Waals surface area (Å²) in [4.78, 5) is 34.7. The normalized spacial score (nSPS) is 24.7. The van der Waals surface area contributed by atoms with E-state index in [1.165, 1.54) is 11.0 Å². The van der Waals surface area contributed by atoms with Crippen LogP contribution in [0.1, 0.15) is 41.6 Å². The number of carboxylic acid groups (broad SMARTS) is 1. The summed E-state index contributed by atoms with van der Waals surface area (Å²) in [6, 6.07) is 7.55. The molecule has 2 fully saturated rings. The van der Waals surface area contributed by atoms with Crippen LogP contribution in [0.25, 0.3) is 0 Å². The van der Waals surface area contributed by atoms with E-state index in [4.69, 9.17) is 15.2 Å². The summed E-state index contributed by atoms with van der Waals surface area (Å²) in [5, 5.41) is 28.7. The fourth-order valence-electron chi connectivity index (χ4n) is 3.67. The Morgan fingerprint density at radius 1 is 1.27 bits per heavy atom. The number of likely N-dealkylation sites (tertiary alicyclic amines) is 1. The van der Waals surface area contributed by atoms with Crippen LogP contribution in [0.4, 0.5) is 8.78 Å². The SMILES string of the molecule is N#Cc1cccc(C(=O)N[C@H]2C[C@H](C(=O)N3CCC(F)(F)CC3)C[C@@H]2O)c1.O=CO. The zero-order valence-electron chi connectivity index (χ0n) is 16.1. The van der Waals surface area contributed by atoms with Crippen molar-refractivity contribution in [3.8, 4) is 6.07 Å². The molecule has 0 radical (unpaired) electrons. The number of hydrogen-bond donors (Lipinski definition) is 3. The highest BCUT2D eigenvalue weighted by atomic mass is 19.3. The Labute approximate surface area is 172 Å². The molecule has 1 aromatic carbocycles. The Kier molecular flexibility index (Phi) is 7.83. The number of aliphatic hydroxyl groups excluding tert-OH is 1. The number of carbonyl (C=O) groups excluding carboxylic acids is 2. The van der Waals surface area contributed by atoms with E-state index >= 15 is 0 Å². The number of nitrogens with one attached hydrogen (secondary N) is 1. The fourth-order valence-corrected chi connectivity index (χ4v) is 3.67. The monoisotopic (exact) mass is 423 g/mol. The maximum absolute atomic E-state index is 13.3. The van der Waals surface area contributed by atoms with Gasteiger partial charge in [0.15, 0.2) is 0 Å². The van der Waals surface area contributed by atoms with Gasteiger partial charge in [-0.05, 0) is 31.0 Å². The van der Waals surface area contributed by atoms with Crippen LogP contribution in [0.3, 0.4) is 0 Å². The summed E-state index contributed by atoms with van der Waals surface area (Å²) in [7, 11) is 0. The molecule has 0 bridgehead atoms. The van der Waals surface area contributed by atoms with Crippen molar-refractivity contribution < 1.29 is 33.4 Å². The molecule has 0 spiro atoms. The first-order valence-corrected chi connectivity index (χ1v) is 9.44. The second kappa shape index (κ2) is 10.1. The van der Waals surface area contributed by atoms with Gasteiger partial charge in [-0.2, -0.15) is 5.26 Å². The Balaban J connectivity index is 0.00000101. The molecule has 30 heavy (non-hydrogen) atoms. The minimum absolute atomic E-state index is 0.0103. The summed E-state index contributed by atoms with van der Waals surface area (Å²) in [5.74, 6) is -3.89. The Hall–Kier alpha value is -3.06. The predicted molar refractivity (Wildman–Crippen MR) is 101 cm³/mol. The lowest BCUT2D eigenvalue weighted by Gasteiger charge is -2.33. The smallest absolute Gasteiger partial charge is 0.290 e. The summed E-state index contributed by atoms with van der Waals surface area (Å²) >= 11 is 0. The Morgan fingerprint density at radius 3 is 2.50 bits per heavy atom. The largest absolute Gasteiger partial charge is 0.483 e. The molecule has 10 heteroatoms. The lowest BCUT2D eigenvalue weighted by Crippen LogP contribution is -2.45. The van der Waals surface area contributed by atoms with Crippen LogP contribution in [-0.4, -0.2) is 64.6 Å². The molecule has 8 nitrogen and oxygen atoms in total. The summed E-state index contributed by atoms with van der Waals surface area (Å²) < 4.78 is 26.5. The average Bonchev–Trinajstić information content (AvgIpc) is 3.08. The average molecular weight is 423 g/mol. The van der Waals surface area contributed by atoms with Gasteiger partial charge in [0.2, 0.25) is 5.91 Å². The summed E-state index contributed by atoms with van der Waals surface area (Å²) in [6.07, 6.45) is -1.12. The van der Waals surface area contributed by atoms with Crippen molar-refractivity contribution in [1.82, 2.24) is 10.2 Å². The summed E-state index contributed by atoms with van der Waals surface area (Å²) in [6.45, 7) is -0.229. The number of halogens is 2. The van der Waals surface area contributed by atoms with E-state index in [1.807, 2.05) is 6.07 Å². The predicted octanol–water partition coefficient (Wildman–Crippen LogP) is 1.39. The number of benzene rings is 1. The molecule has 3 rings (SSSR count). The molecule has 1 heterocycles. The number of rotatable bonds is 3. The van der Waals surface area contributed by atoms with Crippen LogP contribution in [0.2, 0.25) is 0 Å². The number of nitriles is 1. The maximum Gasteiger partial charge on any atom is 0.290 e. The topological polar surface area (TPSA) is 131 Å². The second-order valence-electron chi connectivity index (χ2n) is 7.29. The molecule has 0 aromatic heterocycles. The van der Waals surface area contributed by atoms with Gasteiger partial charge in [0.1, 0.15) is 0 Å². The zero-order chi connectivity index (χ0) is 22.3. The first kappa shape index (κ1) is 23.2. The number of aliphatic hydroxyl groups is 1. The second-order valence-corrected chi connectivity index (χ2v) is 7.29. The molecule has 2 amide bonds. The molecule has 1 saturated carbocycles. The van der Waals surface area contributed by atoms with Crippen molar-refractivity contribution in [3.05, 3.63) is 35.4 Å². The minimum Gasteiger partial charge on any atom is -0.483 e. The van der Waals surface area contributed by atoms with Crippen LogP contribution in [0.15, 0.2) is 24.3 Å². The number of piperidine rings is 1. The van der Waals surface area contributed by atoms with E-state index in [2.05, 4.69) is 5.32 Å². The minimum atomic E-state index is -2.72. The van der Waals surface area contributed by atoms with Gasteiger partial charge >= 0.3 is 0 Å². The van der Waals surface area contributed by atoms with Crippen LogP contribution in [-0.2, 0) is 9.59 Å². The van der Waals surface area contributed by atoms with Gasteiger partial charge in [-0.15, -0.1) is 0 Å². The molecule has 2 aliphatic rings. The van der Waals surface area contributed by atoms with Gasteiger partial charge in [0.05, 0.1) is 23.8 Å². The van der Waals surface area contributed by atoms with Crippen molar-refractivity contribution in [2.45, 2.75) is 43.8 Å². The Morgan fingerprint density at radius 2 is 1.90 bits per heavy atom. The van der Waals surface area contributed by atoms with E-state index < -0.39 is 29.9 Å². The highest BCUT2D eigenvalue weighted by Gasteiger charge is 2.42. The van der Waals surface area contributed by atoms with Gasteiger partial charge in [-0.3, -0.25) is 14.4 Å². The van der Waals surface area contributed by atoms with Crippen LogP contribution in [0, 0.1) is 17.2 Å². The quantitative estimate of drug-likeness (QED) is 0.630. The lowest BCUT2D eigenvalue weighted by molar-refractivity contribution is -0.141. The van der Waals surface area contributed by atoms with Gasteiger partial charge in [0.25, 0.3) is 18.3 Å². The summed E-state index contributed by atoms with van der Waals surface area (Å²) in [5.41, 5.74) is 0.652. The van der Waals surface area contributed by atoms with Gasteiger partial charge < -0.3 is 20.4 Å². The number of amides is 2. The molecule has 1 aromatic rings. The molecule has 1 aliphatic heterocycles. The molecule has 3 atom stereocenters. The molecule has 1 aliphatic carbocycles. The van der Waals surface area contributed by atoms with Crippen molar-refractivity contribution in [2.75, 3.05) is 13.1 Å². The number of nitrogens with zero attached hydrogens (tertiary/aromatic N) is 2. The third-order valence-electron chi connectivity index (χ3n) is 5.26. The van der Waals surface area contributed by atoms with Crippen molar-refractivity contribution in [2.24, 2.45) is 5.92 Å². The highest BCUT2D eigenvalue weighted by molar-refractivity contribution is 5.94. The van der Waals surface area contributed by atoms with Crippen LogP contribution in [0.5, 0.6) is 0 Å². The molecular formula is C20H23F2N3O5. The molecule has 1 saturated heterocycles. The molecule has 0 unspecified atom stereocenters. The lowest BCUT2D eigenvalue weighted by atomic mass is 10.0. The first-order chi connectivity index (χ1) is 14.2. The highest BCUT2D eigenvalue weighted by Crippen LogP contribution is 2.32. The third-order valence-corrected chi connectivity index (χ3v) is 5.26.